The highest BCUT2D eigenvalue weighted by atomic mass is 16.7. The molecule has 42 heavy (non-hydrogen) atoms. The average Bonchev–Trinajstić information content (AvgIpc) is 2.92. The van der Waals surface area contributed by atoms with Crippen LogP contribution in [0.4, 0.5) is 0 Å². The van der Waals surface area contributed by atoms with E-state index in [2.05, 4.69) is 0 Å². The number of phenolic OH excluding ortho intramolecular Hbond substituents is 2. The first kappa shape index (κ1) is 30.9. The van der Waals surface area contributed by atoms with E-state index in [1.165, 1.54) is 36.4 Å². The minimum atomic E-state index is -1.94. The third-order valence-corrected chi connectivity index (χ3v) is 6.49. The van der Waals surface area contributed by atoms with Crippen LogP contribution in [0.1, 0.15) is 11.1 Å². The van der Waals surface area contributed by atoms with Crippen LogP contribution in [0.2, 0.25) is 0 Å². The number of aromatic hydroxyl groups is 2. The van der Waals surface area contributed by atoms with E-state index >= 15 is 0 Å². The minimum Gasteiger partial charge on any atom is -0.508 e. The standard InChI is InChI=1S/C26H28O16/c27-11-4-3-10(14(8-11)40-26-20(34)16(30)18(32)22(42-26)24(37)38)2-1-9-5-12(28)7-13(6-9)39-25-19(33)15(29)17(31)21(41-25)23(35)36/h1-8,15-22,25-34H,(H,35,36)(H,37,38)/b2-1+/t15-,16-,17+,18+,19-,20-,21-,22-,25+,26-/m1/s1. The molecule has 2 heterocycles. The molecule has 2 aromatic rings. The molecule has 0 unspecified atom stereocenters. The number of hydrogen-bond donors (Lipinski definition) is 10. The maximum Gasteiger partial charge on any atom is 0.335 e. The number of phenols is 2. The van der Waals surface area contributed by atoms with Crippen molar-refractivity contribution in [3.05, 3.63) is 47.5 Å². The SMILES string of the molecule is O=C(O)[C@@H]1O[C@@H](Oc2cc(O)ccc2/C=C/c2cc(O)cc(O[C@H]3O[C@@H](C(=O)O)[C@@H](O)[C@@H](O)[C@H]3O)c2)[C@H](O)[C@H](O)[C@@H]1O. The molecule has 2 fully saturated rings. The van der Waals surface area contributed by atoms with Gasteiger partial charge in [-0.2, -0.15) is 0 Å². The summed E-state index contributed by atoms with van der Waals surface area (Å²) in [5.41, 5.74) is 0.498. The van der Waals surface area contributed by atoms with Crippen LogP contribution in [-0.2, 0) is 19.1 Å². The van der Waals surface area contributed by atoms with Crippen molar-refractivity contribution in [1.82, 2.24) is 0 Å². The van der Waals surface area contributed by atoms with E-state index in [1.807, 2.05) is 0 Å². The van der Waals surface area contributed by atoms with Crippen LogP contribution in [0.5, 0.6) is 23.0 Å². The van der Waals surface area contributed by atoms with Crippen LogP contribution in [-0.4, -0.2) is 124 Å². The molecule has 10 N–H and O–H groups in total. The summed E-state index contributed by atoms with van der Waals surface area (Å²) in [7, 11) is 0. The number of aliphatic carboxylic acids is 2. The van der Waals surface area contributed by atoms with Crippen LogP contribution < -0.4 is 9.47 Å². The first-order valence-electron chi connectivity index (χ1n) is 12.3. The molecule has 0 saturated carbocycles. The van der Waals surface area contributed by atoms with Gasteiger partial charge in [0.1, 0.15) is 59.6 Å². The lowest BCUT2D eigenvalue weighted by molar-refractivity contribution is -0.271. The summed E-state index contributed by atoms with van der Waals surface area (Å²) >= 11 is 0. The Hall–Kier alpha value is -4.00. The molecule has 0 bridgehead atoms. The van der Waals surface area contributed by atoms with Crippen molar-refractivity contribution >= 4 is 24.1 Å². The smallest absolute Gasteiger partial charge is 0.335 e. The van der Waals surface area contributed by atoms with E-state index in [0.717, 1.165) is 12.1 Å². The quantitative estimate of drug-likeness (QED) is 0.145. The van der Waals surface area contributed by atoms with Crippen LogP contribution in [0.3, 0.4) is 0 Å². The van der Waals surface area contributed by atoms with E-state index in [0.29, 0.717) is 0 Å². The monoisotopic (exact) mass is 596 g/mol. The van der Waals surface area contributed by atoms with Crippen molar-refractivity contribution in [2.45, 2.75) is 61.4 Å². The fraction of sp³-hybridized carbons (Fsp3) is 0.385. The van der Waals surface area contributed by atoms with Crippen LogP contribution >= 0.6 is 0 Å². The summed E-state index contributed by atoms with van der Waals surface area (Å²) < 4.78 is 21.2. The van der Waals surface area contributed by atoms with E-state index in [9.17, 15) is 60.7 Å². The van der Waals surface area contributed by atoms with Gasteiger partial charge in [0.05, 0.1) is 0 Å². The third kappa shape index (κ3) is 6.56. The van der Waals surface area contributed by atoms with Gasteiger partial charge in [-0.25, -0.2) is 9.59 Å². The van der Waals surface area contributed by atoms with Gasteiger partial charge < -0.3 is 70.0 Å². The summed E-state index contributed by atoms with van der Waals surface area (Å²) in [5.74, 6) is -4.10. The molecule has 2 saturated heterocycles. The van der Waals surface area contributed by atoms with Crippen LogP contribution in [0.25, 0.3) is 12.2 Å². The van der Waals surface area contributed by atoms with E-state index in [-0.39, 0.29) is 34.1 Å². The molecule has 228 valence electrons. The number of aliphatic hydroxyl groups is 6. The highest BCUT2D eigenvalue weighted by Crippen LogP contribution is 2.32. The van der Waals surface area contributed by atoms with Gasteiger partial charge in [0.15, 0.2) is 12.2 Å². The molecule has 0 aromatic heterocycles. The highest BCUT2D eigenvalue weighted by molar-refractivity contribution is 5.75. The molecule has 4 rings (SSSR count). The number of carbonyl (C=O) groups is 2. The van der Waals surface area contributed by atoms with Gasteiger partial charge in [-0.1, -0.05) is 12.2 Å². The second-order valence-electron chi connectivity index (χ2n) is 9.52. The Kier molecular flexibility index (Phi) is 9.19. The zero-order chi connectivity index (χ0) is 30.9. The number of ether oxygens (including phenoxy) is 4. The predicted octanol–water partition coefficient (Wildman–Crippen LogP) is -2.19. The Bertz CT molecular complexity index is 1330. The molecule has 0 aliphatic carbocycles. The van der Waals surface area contributed by atoms with Gasteiger partial charge in [-0.15, -0.1) is 0 Å². The number of carboxylic acid groups (broad SMARTS) is 2. The average molecular weight is 596 g/mol. The summed E-state index contributed by atoms with van der Waals surface area (Å²) in [6.45, 7) is 0. The topological polar surface area (TPSA) is 273 Å². The summed E-state index contributed by atoms with van der Waals surface area (Å²) in [4.78, 5) is 22.7. The Labute approximate surface area is 236 Å². The molecular formula is C26H28O16. The lowest BCUT2D eigenvalue weighted by Crippen LogP contribution is -2.61. The Morgan fingerprint density at radius 1 is 0.643 bits per heavy atom. The normalized spacial score (nSPS) is 33.3. The second-order valence-corrected chi connectivity index (χ2v) is 9.52. The molecule has 0 amide bonds. The number of carboxylic acids is 2. The molecule has 16 heteroatoms. The van der Waals surface area contributed by atoms with Crippen molar-refractivity contribution in [3.63, 3.8) is 0 Å². The number of rotatable bonds is 8. The Morgan fingerprint density at radius 2 is 1.19 bits per heavy atom. The number of hydrogen-bond acceptors (Lipinski definition) is 14. The van der Waals surface area contributed by atoms with Crippen LogP contribution in [0.15, 0.2) is 36.4 Å². The van der Waals surface area contributed by atoms with Gasteiger partial charge in [0, 0.05) is 17.7 Å². The van der Waals surface area contributed by atoms with Crippen molar-refractivity contribution < 1.29 is 79.6 Å². The fourth-order valence-electron chi connectivity index (χ4n) is 4.28. The second kappa shape index (κ2) is 12.5. The first-order chi connectivity index (χ1) is 19.8. The molecule has 2 aromatic carbocycles. The number of aliphatic hydroxyl groups excluding tert-OH is 6. The van der Waals surface area contributed by atoms with Gasteiger partial charge in [0.25, 0.3) is 0 Å². The van der Waals surface area contributed by atoms with Crippen LogP contribution in [0, 0.1) is 0 Å². The zero-order valence-electron chi connectivity index (χ0n) is 21.3. The van der Waals surface area contributed by atoms with Crippen molar-refractivity contribution in [3.8, 4) is 23.0 Å². The predicted molar refractivity (Wildman–Crippen MR) is 135 cm³/mol. The lowest BCUT2D eigenvalue weighted by atomic mass is 9.99. The lowest BCUT2D eigenvalue weighted by Gasteiger charge is -2.38. The van der Waals surface area contributed by atoms with Crippen molar-refractivity contribution in [2.75, 3.05) is 0 Å². The Morgan fingerprint density at radius 3 is 1.74 bits per heavy atom. The summed E-state index contributed by atoms with van der Waals surface area (Å²) in [6, 6.07) is 7.49. The largest absolute Gasteiger partial charge is 0.508 e. The summed E-state index contributed by atoms with van der Waals surface area (Å²) in [6.07, 6.45) is -15.9. The molecule has 2 aliphatic rings. The van der Waals surface area contributed by atoms with Gasteiger partial charge in [-0.3, -0.25) is 0 Å². The maximum atomic E-state index is 11.4. The van der Waals surface area contributed by atoms with E-state index in [1.54, 1.807) is 0 Å². The van der Waals surface area contributed by atoms with E-state index < -0.39 is 73.4 Å². The third-order valence-electron chi connectivity index (χ3n) is 6.49. The molecule has 2 aliphatic heterocycles. The van der Waals surface area contributed by atoms with E-state index in [4.69, 9.17) is 18.9 Å². The highest BCUT2D eigenvalue weighted by Gasteiger charge is 2.49. The maximum absolute atomic E-state index is 11.4. The number of benzene rings is 2. The molecule has 0 radical (unpaired) electrons. The van der Waals surface area contributed by atoms with Gasteiger partial charge in [0.2, 0.25) is 12.6 Å². The van der Waals surface area contributed by atoms with Crippen molar-refractivity contribution in [2.24, 2.45) is 0 Å². The molecular weight excluding hydrogens is 568 g/mol. The Balaban J connectivity index is 1.55. The minimum absolute atomic E-state index is 0.125. The first-order valence-corrected chi connectivity index (χ1v) is 12.3. The van der Waals surface area contributed by atoms with Crippen molar-refractivity contribution in [1.29, 1.82) is 0 Å². The van der Waals surface area contributed by atoms with Gasteiger partial charge >= 0.3 is 11.9 Å². The molecule has 10 atom stereocenters. The molecule has 0 spiro atoms. The fourth-order valence-corrected chi connectivity index (χ4v) is 4.28. The molecule has 16 nitrogen and oxygen atoms in total. The van der Waals surface area contributed by atoms with Gasteiger partial charge in [-0.05, 0) is 29.8 Å². The zero-order valence-corrected chi connectivity index (χ0v) is 21.3. The summed E-state index contributed by atoms with van der Waals surface area (Å²) in [5, 5.41) is 98.8.